The highest BCUT2D eigenvalue weighted by Gasteiger charge is 2.36. The molecule has 0 spiro atoms. The zero-order chi connectivity index (χ0) is 22.4. The normalized spacial score (nSPS) is 14.4. The lowest BCUT2D eigenvalue weighted by atomic mass is 10.0. The Labute approximate surface area is 184 Å². The van der Waals surface area contributed by atoms with Gasteiger partial charge in [0.1, 0.15) is 11.6 Å². The Morgan fingerprint density at radius 1 is 1.13 bits per heavy atom. The number of fused-ring (bicyclic) bond motifs is 1. The topological polar surface area (TPSA) is 73.2 Å². The van der Waals surface area contributed by atoms with E-state index in [0.717, 1.165) is 31.4 Å². The van der Waals surface area contributed by atoms with Gasteiger partial charge < -0.3 is 10.2 Å². The molecule has 5 nitrogen and oxygen atoms in total. The first-order valence-electron chi connectivity index (χ1n) is 10.9. The summed E-state index contributed by atoms with van der Waals surface area (Å²) in [4.78, 5) is 27.8. The molecule has 5 heteroatoms. The molecule has 0 unspecified atom stereocenters. The standard InChI is InChI=1S/C26H29N3O2/c1-4-5-8-19-11-13-20(14-12-19)28-25(30)22(17-27)24-21-9-6-7-10-23(21)29(26(24)31)16-15-18(2)3/h6-7,9-14,18H,4-5,8,15-16H2,1-3H3,(H,28,30). The maximum Gasteiger partial charge on any atom is 0.267 e. The lowest BCUT2D eigenvalue weighted by Crippen LogP contribution is -2.29. The van der Waals surface area contributed by atoms with Gasteiger partial charge in [0.25, 0.3) is 11.8 Å². The molecule has 2 aromatic rings. The fraction of sp³-hybridized carbons (Fsp3) is 0.346. The highest BCUT2D eigenvalue weighted by molar-refractivity contribution is 6.37. The first-order valence-corrected chi connectivity index (χ1v) is 10.9. The molecule has 1 N–H and O–H groups in total. The molecule has 1 aliphatic rings. The van der Waals surface area contributed by atoms with Crippen LogP contribution < -0.4 is 10.2 Å². The molecule has 31 heavy (non-hydrogen) atoms. The minimum absolute atomic E-state index is 0.153. The number of anilines is 2. The highest BCUT2D eigenvalue weighted by Crippen LogP contribution is 2.38. The third kappa shape index (κ3) is 5.03. The quantitative estimate of drug-likeness (QED) is 0.467. The molecule has 0 aliphatic carbocycles. The van der Waals surface area contributed by atoms with Crippen LogP contribution in [0.25, 0.3) is 5.57 Å². The molecule has 0 aromatic heterocycles. The number of rotatable bonds is 8. The van der Waals surface area contributed by atoms with E-state index in [1.54, 1.807) is 11.0 Å². The summed E-state index contributed by atoms with van der Waals surface area (Å²) in [5.41, 5.74) is 3.23. The first-order chi connectivity index (χ1) is 15.0. The average molecular weight is 416 g/mol. The maximum atomic E-state index is 13.2. The van der Waals surface area contributed by atoms with Crippen molar-refractivity contribution in [1.82, 2.24) is 0 Å². The van der Waals surface area contributed by atoms with Gasteiger partial charge >= 0.3 is 0 Å². The Balaban J connectivity index is 1.88. The van der Waals surface area contributed by atoms with Crippen LogP contribution in [-0.4, -0.2) is 18.4 Å². The van der Waals surface area contributed by atoms with Gasteiger partial charge in [-0.2, -0.15) is 5.26 Å². The van der Waals surface area contributed by atoms with E-state index in [2.05, 4.69) is 26.1 Å². The number of nitrogens with one attached hydrogen (secondary N) is 1. The van der Waals surface area contributed by atoms with Crippen molar-refractivity contribution in [2.45, 2.75) is 46.5 Å². The Morgan fingerprint density at radius 2 is 1.84 bits per heavy atom. The first kappa shape index (κ1) is 22.3. The summed E-state index contributed by atoms with van der Waals surface area (Å²) in [6.45, 7) is 6.91. The van der Waals surface area contributed by atoms with Gasteiger partial charge in [-0.3, -0.25) is 9.59 Å². The van der Waals surface area contributed by atoms with Crippen molar-refractivity contribution >= 4 is 28.8 Å². The van der Waals surface area contributed by atoms with Crippen LogP contribution >= 0.6 is 0 Å². The van der Waals surface area contributed by atoms with Crippen molar-refractivity contribution in [3.63, 3.8) is 0 Å². The molecular weight excluding hydrogens is 386 g/mol. The second-order valence-electron chi connectivity index (χ2n) is 8.27. The van der Waals surface area contributed by atoms with Crippen molar-refractivity contribution in [2.75, 3.05) is 16.8 Å². The summed E-state index contributed by atoms with van der Waals surface area (Å²) in [6.07, 6.45) is 4.08. The van der Waals surface area contributed by atoms with Crippen LogP contribution in [0.3, 0.4) is 0 Å². The van der Waals surface area contributed by atoms with E-state index in [1.165, 1.54) is 5.56 Å². The smallest absolute Gasteiger partial charge is 0.267 e. The molecular formula is C26H29N3O2. The minimum Gasteiger partial charge on any atom is -0.321 e. The van der Waals surface area contributed by atoms with Gasteiger partial charge in [0, 0.05) is 17.8 Å². The Kier molecular flexibility index (Phi) is 7.25. The van der Waals surface area contributed by atoms with Crippen molar-refractivity contribution in [2.24, 2.45) is 5.92 Å². The van der Waals surface area contributed by atoms with Crippen molar-refractivity contribution < 1.29 is 9.59 Å². The Bertz CT molecular complexity index is 1030. The molecule has 0 saturated carbocycles. The van der Waals surface area contributed by atoms with Gasteiger partial charge in [-0.05, 0) is 48.9 Å². The van der Waals surface area contributed by atoms with E-state index >= 15 is 0 Å². The third-order valence-electron chi connectivity index (χ3n) is 5.47. The monoisotopic (exact) mass is 415 g/mol. The number of carbonyl (C=O) groups is 2. The molecule has 160 valence electrons. The summed E-state index contributed by atoms with van der Waals surface area (Å²) in [6, 6.07) is 17.0. The molecule has 2 aromatic carbocycles. The average Bonchev–Trinajstić information content (AvgIpc) is 3.04. The third-order valence-corrected chi connectivity index (χ3v) is 5.47. The minimum atomic E-state index is -0.562. The van der Waals surface area contributed by atoms with E-state index < -0.39 is 5.91 Å². The number of aryl methyl sites for hydroxylation is 1. The SMILES string of the molecule is CCCCc1ccc(NC(=O)C(C#N)=C2C(=O)N(CCC(C)C)c3ccccc32)cc1. The van der Waals surface area contributed by atoms with Crippen LogP contribution in [0.5, 0.6) is 0 Å². The van der Waals surface area contributed by atoms with E-state index in [1.807, 2.05) is 48.5 Å². The van der Waals surface area contributed by atoms with Crippen LogP contribution in [0.15, 0.2) is 54.1 Å². The number of hydrogen-bond donors (Lipinski definition) is 1. The summed E-state index contributed by atoms with van der Waals surface area (Å²) in [5.74, 6) is -0.414. The predicted molar refractivity (Wildman–Crippen MR) is 124 cm³/mol. The zero-order valence-corrected chi connectivity index (χ0v) is 18.4. The molecule has 0 saturated heterocycles. The van der Waals surface area contributed by atoms with Gasteiger partial charge in [0.05, 0.1) is 11.3 Å². The van der Waals surface area contributed by atoms with Gasteiger partial charge in [-0.1, -0.05) is 57.5 Å². The van der Waals surface area contributed by atoms with Crippen molar-refractivity contribution in [3.05, 3.63) is 65.2 Å². The van der Waals surface area contributed by atoms with Crippen LogP contribution in [-0.2, 0) is 16.0 Å². The fourth-order valence-electron chi connectivity index (χ4n) is 3.68. The maximum absolute atomic E-state index is 13.2. The van der Waals surface area contributed by atoms with E-state index in [0.29, 0.717) is 23.7 Å². The molecule has 1 heterocycles. The molecule has 0 bridgehead atoms. The number of benzene rings is 2. The summed E-state index contributed by atoms with van der Waals surface area (Å²) in [7, 11) is 0. The highest BCUT2D eigenvalue weighted by atomic mass is 16.2. The largest absolute Gasteiger partial charge is 0.321 e. The van der Waals surface area contributed by atoms with Gasteiger partial charge in [-0.15, -0.1) is 0 Å². The lowest BCUT2D eigenvalue weighted by molar-refractivity contribution is -0.114. The van der Waals surface area contributed by atoms with Crippen molar-refractivity contribution in [1.29, 1.82) is 5.26 Å². The van der Waals surface area contributed by atoms with Gasteiger partial charge in [0.15, 0.2) is 0 Å². The fourth-order valence-corrected chi connectivity index (χ4v) is 3.68. The number of carbonyl (C=O) groups excluding carboxylic acids is 2. The number of unbranched alkanes of at least 4 members (excludes halogenated alkanes) is 1. The molecule has 2 amide bonds. The Morgan fingerprint density at radius 3 is 2.48 bits per heavy atom. The zero-order valence-electron chi connectivity index (χ0n) is 18.4. The molecule has 0 fully saturated rings. The van der Waals surface area contributed by atoms with Crippen LogP contribution in [0.4, 0.5) is 11.4 Å². The number of amides is 2. The molecule has 0 atom stereocenters. The van der Waals surface area contributed by atoms with Crippen LogP contribution in [0.2, 0.25) is 0 Å². The number of nitriles is 1. The second-order valence-corrected chi connectivity index (χ2v) is 8.27. The number of para-hydroxylation sites is 1. The van der Waals surface area contributed by atoms with Gasteiger partial charge in [0.2, 0.25) is 0 Å². The number of hydrogen-bond acceptors (Lipinski definition) is 3. The predicted octanol–water partition coefficient (Wildman–Crippen LogP) is 5.34. The second kappa shape index (κ2) is 10.1. The van der Waals surface area contributed by atoms with Crippen LogP contribution in [0.1, 0.15) is 51.2 Å². The van der Waals surface area contributed by atoms with E-state index in [9.17, 15) is 14.9 Å². The van der Waals surface area contributed by atoms with E-state index in [4.69, 9.17) is 0 Å². The summed E-state index contributed by atoms with van der Waals surface area (Å²) in [5, 5.41) is 12.6. The van der Waals surface area contributed by atoms with Gasteiger partial charge in [-0.25, -0.2) is 0 Å². The number of nitrogens with zero attached hydrogens (tertiary/aromatic N) is 2. The van der Waals surface area contributed by atoms with Crippen LogP contribution in [0, 0.1) is 17.2 Å². The van der Waals surface area contributed by atoms with E-state index in [-0.39, 0.29) is 17.1 Å². The molecule has 0 radical (unpaired) electrons. The summed E-state index contributed by atoms with van der Waals surface area (Å²) >= 11 is 0. The molecule has 3 rings (SSSR count). The lowest BCUT2D eigenvalue weighted by Gasteiger charge is -2.18. The summed E-state index contributed by atoms with van der Waals surface area (Å²) < 4.78 is 0. The Hall–Kier alpha value is -3.39. The molecule has 1 aliphatic heterocycles. The van der Waals surface area contributed by atoms with Crippen molar-refractivity contribution in [3.8, 4) is 6.07 Å².